The molecular formula is C20H22N4O. The average molecular weight is 334 g/mol. The highest BCUT2D eigenvalue weighted by atomic mass is 16.2. The van der Waals surface area contributed by atoms with Gasteiger partial charge in [-0.2, -0.15) is 5.26 Å². The summed E-state index contributed by atoms with van der Waals surface area (Å²) >= 11 is 0. The van der Waals surface area contributed by atoms with Crippen molar-refractivity contribution in [2.75, 3.05) is 13.1 Å². The number of H-pyrrole nitrogens is 1. The lowest BCUT2D eigenvalue weighted by molar-refractivity contribution is 0.0216. The Morgan fingerprint density at radius 2 is 1.92 bits per heavy atom. The van der Waals surface area contributed by atoms with E-state index in [4.69, 9.17) is 5.26 Å². The number of fused-ring (bicyclic) bond motifs is 3. The Labute approximate surface area is 147 Å². The summed E-state index contributed by atoms with van der Waals surface area (Å²) in [6.45, 7) is 4.53. The Hall–Kier alpha value is -2.58. The number of nitriles is 1. The maximum atomic E-state index is 12.7. The lowest BCUT2D eigenvalue weighted by atomic mass is 9.79. The number of hydrogen-bond acceptors (Lipinski definition) is 3. The summed E-state index contributed by atoms with van der Waals surface area (Å²) in [5.41, 5.74) is 3.07. The second-order valence-corrected chi connectivity index (χ2v) is 7.09. The van der Waals surface area contributed by atoms with Crippen LogP contribution in [-0.2, 0) is 0 Å². The van der Waals surface area contributed by atoms with E-state index in [-0.39, 0.29) is 11.9 Å². The van der Waals surface area contributed by atoms with Crippen LogP contribution in [0.1, 0.15) is 35.8 Å². The molecule has 0 spiro atoms. The first-order chi connectivity index (χ1) is 12.2. The van der Waals surface area contributed by atoms with Crippen LogP contribution in [0, 0.1) is 17.2 Å². The minimum absolute atomic E-state index is 0.0366. The largest absolute Gasteiger partial charge is 0.351 e. The van der Waals surface area contributed by atoms with Crippen LogP contribution in [-0.4, -0.2) is 41.0 Å². The first kappa shape index (κ1) is 15.9. The number of carbonyl (C=O) groups excluding carboxylic acids is 1. The predicted molar refractivity (Wildman–Crippen MR) is 96.0 cm³/mol. The molecule has 2 atom stereocenters. The average Bonchev–Trinajstić information content (AvgIpc) is 3.15. The fourth-order valence-electron chi connectivity index (χ4n) is 4.19. The van der Waals surface area contributed by atoms with Crippen molar-refractivity contribution < 1.29 is 4.79 Å². The van der Waals surface area contributed by atoms with Crippen molar-refractivity contribution in [2.45, 2.75) is 31.8 Å². The van der Waals surface area contributed by atoms with E-state index < -0.39 is 0 Å². The first-order valence-electron chi connectivity index (χ1n) is 8.90. The third-order valence-corrected chi connectivity index (χ3v) is 5.73. The van der Waals surface area contributed by atoms with Crippen LogP contribution < -0.4 is 5.32 Å². The minimum Gasteiger partial charge on any atom is -0.351 e. The molecule has 0 radical (unpaired) electrons. The van der Waals surface area contributed by atoms with Gasteiger partial charge in [0.1, 0.15) is 5.69 Å². The van der Waals surface area contributed by atoms with Gasteiger partial charge in [0.25, 0.3) is 5.91 Å². The van der Waals surface area contributed by atoms with Crippen molar-refractivity contribution >= 4 is 5.91 Å². The number of amides is 1. The summed E-state index contributed by atoms with van der Waals surface area (Å²) in [5.74, 6) is 0.558. The lowest BCUT2D eigenvalue weighted by Gasteiger charge is -2.49. The van der Waals surface area contributed by atoms with Gasteiger partial charge in [0, 0.05) is 17.8 Å². The molecule has 5 rings (SSSR count). The first-order valence-corrected chi connectivity index (χ1v) is 8.90. The van der Waals surface area contributed by atoms with E-state index in [1.54, 1.807) is 12.1 Å². The third kappa shape index (κ3) is 2.94. The quantitative estimate of drug-likeness (QED) is 0.906. The molecule has 1 amide bonds. The molecule has 1 aromatic heterocycles. The van der Waals surface area contributed by atoms with Crippen molar-refractivity contribution in [2.24, 2.45) is 5.92 Å². The van der Waals surface area contributed by atoms with Crippen molar-refractivity contribution in [3.8, 4) is 17.3 Å². The maximum Gasteiger partial charge on any atom is 0.267 e. The molecule has 0 aliphatic carbocycles. The van der Waals surface area contributed by atoms with Gasteiger partial charge in [-0.25, -0.2) is 0 Å². The molecule has 5 heteroatoms. The van der Waals surface area contributed by atoms with Gasteiger partial charge >= 0.3 is 0 Å². The summed E-state index contributed by atoms with van der Waals surface area (Å²) in [6.07, 6.45) is 2.35. The van der Waals surface area contributed by atoms with E-state index in [9.17, 15) is 4.79 Å². The highest BCUT2D eigenvalue weighted by molar-refractivity contribution is 5.93. The predicted octanol–water partition coefficient (Wildman–Crippen LogP) is 2.77. The summed E-state index contributed by atoms with van der Waals surface area (Å²) in [5, 5.41) is 12.1. The second-order valence-electron chi connectivity index (χ2n) is 7.09. The SMILES string of the molecule is C[C@H]1[C@H](NC(=O)c2ccc(-c3ccc(C#N)cc3)[nH]2)C2CCN1CC2. The van der Waals surface area contributed by atoms with E-state index in [1.807, 2.05) is 24.3 Å². The number of hydrogen-bond donors (Lipinski definition) is 2. The number of aromatic nitrogens is 1. The summed E-state index contributed by atoms with van der Waals surface area (Å²) in [7, 11) is 0. The number of piperidine rings is 3. The number of nitrogens with one attached hydrogen (secondary N) is 2. The lowest BCUT2D eigenvalue weighted by Crippen LogP contribution is -2.62. The van der Waals surface area contributed by atoms with Gasteiger partial charge in [0.15, 0.2) is 0 Å². The summed E-state index contributed by atoms with van der Waals surface area (Å²) < 4.78 is 0. The molecule has 3 aliphatic rings. The molecule has 25 heavy (non-hydrogen) atoms. The topological polar surface area (TPSA) is 71.9 Å². The molecule has 3 saturated heterocycles. The molecule has 0 unspecified atom stereocenters. The van der Waals surface area contributed by atoms with Gasteiger partial charge in [0.05, 0.1) is 11.6 Å². The van der Waals surface area contributed by atoms with E-state index >= 15 is 0 Å². The van der Waals surface area contributed by atoms with E-state index in [0.29, 0.717) is 23.2 Å². The molecule has 3 fully saturated rings. The molecule has 1 aromatic carbocycles. The zero-order chi connectivity index (χ0) is 17.4. The van der Waals surface area contributed by atoms with Gasteiger partial charge in [-0.1, -0.05) is 12.1 Å². The fourth-order valence-corrected chi connectivity index (χ4v) is 4.19. The third-order valence-electron chi connectivity index (χ3n) is 5.73. The van der Waals surface area contributed by atoms with Gasteiger partial charge in [-0.3, -0.25) is 9.69 Å². The highest BCUT2D eigenvalue weighted by Crippen LogP contribution is 2.32. The maximum absolute atomic E-state index is 12.7. The Bertz CT molecular complexity index is 807. The van der Waals surface area contributed by atoms with Crippen molar-refractivity contribution in [3.63, 3.8) is 0 Å². The zero-order valence-corrected chi connectivity index (χ0v) is 14.3. The normalized spacial score (nSPS) is 27.7. The minimum atomic E-state index is -0.0366. The molecule has 5 nitrogen and oxygen atoms in total. The standard InChI is InChI=1S/C20H22N4O/c1-13-19(16-8-10-24(13)11-9-16)23-20(25)18-7-6-17(22-18)15-4-2-14(12-21)3-5-15/h2-7,13,16,19,22H,8-11H2,1H3,(H,23,25)/t13-,19-/m0/s1. The molecule has 3 aliphatic heterocycles. The Morgan fingerprint density at radius 1 is 1.20 bits per heavy atom. The van der Waals surface area contributed by atoms with Crippen molar-refractivity contribution in [1.29, 1.82) is 5.26 Å². The van der Waals surface area contributed by atoms with E-state index in [1.165, 1.54) is 12.8 Å². The van der Waals surface area contributed by atoms with E-state index in [0.717, 1.165) is 24.3 Å². The number of aromatic amines is 1. The second kappa shape index (κ2) is 6.38. The monoisotopic (exact) mass is 334 g/mol. The summed E-state index contributed by atoms with van der Waals surface area (Å²) in [4.78, 5) is 18.4. The smallest absolute Gasteiger partial charge is 0.267 e. The highest BCUT2D eigenvalue weighted by Gasteiger charge is 2.40. The molecule has 2 N–H and O–H groups in total. The fraction of sp³-hybridized carbons (Fsp3) is 0.400. The Kier molecular flexibility index (Phi) is 4.06. The van der Waals surface area contributed by atoms with Gasteiger partial charge in [-0.05, 0) is 68.6 Å². The van der Waals surface area contributed by atoms with Crippen molar-refractivity contribution in [3.05, 3.63) is 47.7 Å². The van der Waals surface area contributed by atoms with Crippen LogP contribution in [0.4, 0.5) is 0 Å². The molecule has 128 valence electrons. The van der Waals surface area contributed by atoms with Crippen LogP contribution >= 0.6 is 0 Å². The number of rotatable bonds is 3. The van der Waals surface area contributed by atoms with Crippen molar-refractivity contribution in [1.82, 2.24) is 15.2 Å². The van der Waals surface area contributed by atoms with Crippen LogP contribution in [0.2, 0.25) is 0 Å². The number of carbonyl (C=O) groups is 1. The van der Waals surface area contributed by atoms with E-state index in [2.05, 4.69) is 28.2 Å². The summed E-state index contributed by atoms with van der Waals surface area (Å²) in [6, 6.07) is 13.8. The van der Waals surface area contributed by atoms with Gasteiger partial charge in [-0.15, -0.1) is 0 Å². The van der Waals surface area contributed by atoms with Gasteiger partial charge in [0.2, 0.25) is 0 Å². The number of benzene rings is 1. The number of nitrogens with zero attached hydrogens (tertiary/aromatic N) is 2. The zero-order valence-electron chi connectivity index (χ0n) is 14.3. The molecular weight excluding hydrogens is 312 g/mol. The Morgan fingerprint density at radius 3 is 2.56 bits per heavy atom. The Balaban J connectivity index is 1.48. The van der Waals surface area contributed by atoms with Gasteiger partial charge < -0.3 is 10.3 Å². The molecule has 4 heterocycles. The molecule has 2 bridgehead atoms. The van der Waals surface area contributed by atoms with Crippen LogP contribution in [0.15, 0.2) is 36.4 Å². The van der Waals surface area contributed by atoms with Crippen LogP contribution in [0.3, 0.4) is 0 Å². The molecule has 2 aromatic rings. The van der Waals surface area contributed by atoms with Crippen LogP contribution in [0.5, 0.6) is 0 Å². The van der Waals surface area contributed by atoms with Crippen LogP contribution in [0.25, 0.3) is 11.3 Å². The molecule has 0 saturated carbocycles.